The Morgan fingerprint density at radius 3 is 2.82 bits per heavy atom. The van der Waals surface area contributed by atoms with E-state index in [0.29, 0.717) is 47.5 Å². The van der Waals surface area contributed by atoms with Crippen LogP contribution in [0.3, 0.4) is 0 Å². The van der Waals surface area contributed by atoms with E-state index in [0.717, 1.165) is 29.9 Å². The maximum Gasteiger partial charge on any atom is 0.166 e. The molecule has 10 heteroatoms. The Bertz CT molecular complexity index is 1190. The molecule has 1 saturated heterocycles. The van der Waals surface area contributed by atoms with Crippen molar-refractivity contribution in [3.8, 4) is 5.75 Å². The molecule has 0 aromatic carbocycles. The molecule has 2 aromatic rings. The van der Waals surface area contributed by atoms with Crippen LogP contribution < -0.4 is 10.1 Å². The van der Waals surface area contributed by atoms with E-state index < -0.39 is 0 Å². The third kappa shape index (κ3) is 7.83. The molecule has 0 aliphatic carbocycles. The topological polar surface area (TPSA) is 120 Å². The monoisotopic (exact) mass is 629 g/mol. The number of hydrogen-bond acceptors (Lipinski definition) is 9. The fourth-order valence-corrected chi connectivity index (χ4v) is 5.18. The molecule has 9 nitrogen and oxygen atoms in total. The van der Waals surface area contributed by atoms with Crippen LogP contribution in [0.15, 0.2) is 36.9 Å². The maximum absolute atomic E-state index is 8.50. The number of anilines is 2. The summed E-state index contributed by atoms with van der Waals surface area (Å²) in [6, 6.07) is 3.61. The smallest absolute Gasteiger partial charge is 0.166 e. The molecular formula is C28H36IN7O2. The van der Waals surface area contributed by atoms with Gasteiger partial charge in [-0.05, 0) is 51.5 Å². The summed E-state index contributed by atoms with van der Waals surface area (Å²) >= 11 is 2.42. The minimum absolute atomic E-state index is 0.131. The average Bonchev–Trinajstić information content (AvgIpc) is 2.90. The van der Waals surface area contributed by atoms with Crippen molar-refractivity contribution < 1.29 is 9.47 Å². The first-order chi connectivity index (χ1) is 18.4. The molecule has 202 valence electrons. The molecule has 3 N–H and O–H groups in total. The van der Waals surface area contributed by atoms with Crippen molar-refractivity contribution in [3.63, 3.8) is 0 Å². The number of aromatic nitrogens is 3. The number of nitrogens with one attached hydrogen (secondary N) is 3. The minimum Gasteiger partial charge on any atom is -0.500 e. The second-order valence-electron chi connectivity index (χ2n) is 9.79. The number of ether oxygens (including phenoxy) is 2. The molecule has 2 aliphatic heterocycles. The molecule has 4 heterocycles. The molecule has 4 bridgehead atoms. The molecular weight excluding hydrogens is 593 g/mol. The summed E-state index contributed by atoms with van der Waals surface area (Å²) in [5, 5.41) is 19.4. The quantitative estimate of drug-likeness (QED) is 0.139. The second-order valence-corrected chi connectivity index (χ2v) is 11.2. The highest BCUT2D eigenvalue weighted by Gasteiger charge is 2.19. The number of rotatable bonds is 7. The zero-order valence-corrected chi connectivity index (χ0v) is 24.2. The fourth-order valence-electron chi connectivity index (χ4n) is 4.62. The first-order valence-electron chi connectivity index (χ1n) is 13.2. The Hall–Kier alpha value is -2.86. The van der Waals surface area contributed by atoms with Crippen LogP contribution in [0.4, 0.5) is 11.6 Å². The van der Waals surface area contributed by atoms with Crippen LogP contribution in [0.25, 0.3) is 11.1 Å². The predicted molar refractivity (Wildman–Crippen MR) is 161 cm³/mol. The average molecular weight is 630 g/mol. The van der Waals surface area contributed by atoms with Crippen molar-refractivity contribution in [1.82, 2.24) is 18.1 Å². The van der Waals surface area contributed by atoms with E-state index >= 15 is 0 Å². The number of nitrogens with zero attached hydrogens (tertiary/aromatic N) is 4. The first kappa shape index (κ1) is 28.2. The number of allylic oxidation sites excluding steroid dienone is 3. The van der Waals surface area contributed by atoms with Crippen LogP contribution >= 0.6 is 22.9 Å². The van der Waals surface area contributed by atoms with E-state index in [1.807, 2.05) is 19.9 Å². The second kappa shape index (κ2) is 13.8. The highest BCUT2D eigenvalue weighted by molar-refractivity contribution is 14.1. The van der Waals surface area contributed by atoms with Gasteiger partial charge in [0.25, 0.3) is 0 Å². The van der Waals surface area contributed by atoms with Gasteiger partial charge in [-0.2, -0.15) is 0 Å². The van der Waals surface area contributed by atoms with Gasteiger partial charge in [-0.3, -0.25) is 0 Å². The Morgan fingerprint density at radius 2 is 2.05 bits per heavy atom. The van der Waals surface area contributed by atoms with Gasteiger partial charge < -0.3 is 25.6 Å². The SMILES string of the molecule is CC(=N)/C(=C\CCCC1CCN(I)CC1)c1cnc2cc1O[C@@H](C)CCOC=C(C=N)c1nccc(n1)N2. The van der Waals surface area contributed by atoms with Crippen LogP contribution in [0.1, 0.15) is 63.8 Å². The van der Waals surface area contributed by atoms with Gasteiger partial charge in [0.15, 0.2) is 5.82 Å². The van der Waals surface area contributed by atoms with Gasteiger partial charge in [0.05, 0.1) is 24.5 Å². The fraction of sp³-hybridized carbons (Fsp3) is 0.464. The van der Waals surface area contributed by atoms with E-state index in [1.165, 1.54) is 44.8 Å². The van der Waals surface area contributed by atoms with Crippen LogP contribution in [-0.4, -0.2) is 55.8 Å². The third-order valence-electron chi connectivity index (χ3n) is 6.79. The summed E-state index contributed by atoms with van der Waals surface area (Å²) < 4.78 is 14.4. The molecule has 1 atom stereocenters. The standard InChI is InChI=1S/C28H36IN7O2/c1-19-10-14-37-18-22(16-30)28-32-11-7-26(35-28)34-27-15-25(38-19)24(17-33-27)23(20(2)31)6-4-3-5-21-8-12-36(29)13-9-21/h6-7,11,15-19,21,30-31H,3-5,8-10,12-14H2,1-2H3,(H,32,33,34,35)/b22-18?,23-6+,30-16?,31-20?/t19-/m0/s1. The van der Waals surface area contributed by atoms with Gasteiger partial charge in [-0.15, -0.1) is 0 Å². The molecule has 0 radical (unpaired) electrons. The summed E-state index contributed by atoms with van der Waals surface area (Å²) in [6.07, 6.45) is 14.6. The molecule has 2 aromatic heterocycles. The lowest BCUT2D eigenvalue weighted by Crippen LogP contribution is -2.25. The Morgan fingerprint density at radius 1 is 1.24 bits per heavy atom. The Balaban J connectivity index is 1.57. The number of pyridine rings is 1. The largest absolute Gasteiger partial charge is 0.500 e. The molecule has 4 rings (SSSR count). The van der Waals surface area contributed by atoms with Gasteiger partial charge in [-0.25, -0.2) is 18.1 Å². The zero-order valence-electron chi connectivity index (χ0n) is 22.0. The maximum atomic E-state index is 8.50. The van der Waals surface area contributed by atoms with E-state index in [1.54, 1.807) is 18.5 Å². The van der Waals surface area contributed by atoms with Crippen molar-refractivity contribution in [2.24, 2.45) is 5.92 Å². The zero-order chi connectivity index (χ0) is 26.9. The highest BCUT2D eigenvalue weighted by atomic mass is 127. The van der Waals surface area contributed by atoms with Gasteiger partial charge in [0.2, 0.25) is 0 Å². The van der Waals surface area contributed by atoms with Crippen LogP contribution in [0, 0.1) is 16.7 Å². The molecule has 0 spiro atoms. The van der Waals surface area contributed by atoms with Gasteiger partial charge in [-0.1, -0.05) is 12.5 Å². The number of halogens is 1. The van der Waals surface area contributed by atoms with Gasteiger partial charge in [0, 0.05) is 83.9 Å². The van der Waals surface area contributed by atoms with Gasteiger partial charge in [0.1, 0.15) is 17.4 Å². The lowest BCUT2D eigenvalue weighted by Gasteiger charge is -2.27. The lowest BCUT2D eigenvalue weighted by atomic mass is 9.92. The van der Waals surface area contributed by atoms with Gasteiger partial charge >= 0.3 is 0 Å². The van der Waals surface area contributed by atoms with Crippen LogP contribution in [0.5, 0.6) is 5.75 Å². The van der Waals surface area contributed by atoms with Crippen molar-refractivity contribution >= 4 is 57.6 Å². The molecule has 1 fully saturated rings. The number of unbranched alkanes of at least 4 members (excludes halogenated alkanes) is 1. The number of hydrogen-bond donors (Lipinski definition) is 3. The normalized spacial score (nSPS) is 19.3. The summed E-state index contributed by atoms with van der Waals surface area (Å²) in [4.78, 5) is 13.4. The minimum atomic E-state index is -0.131. The summed E-state index contributed by atoms with van der Waals surface area (Å²) in [6.45, 7) is 6.60. The predicted octanol–water partition coefficient (Wildman–Crippen LogP) is 6.45. The Kier molecular flexibility index (Phi) is 10.2. The van der Waals surface area contributed by atoms with Crippen LogP contribution in [0.2, 0.25) is 0 Å². The van der Waals surface area contributed by atoms with Crippen LogP contribution in [-0.2, 0) is 4.74 Å². The highest BCUT2D eigenvalue weighted by Crippen LogP contribution is 2.32. The molecule has 38 heavy (non-hydrogen) atoms. The summed E-state index contributed by atoms with van der Waals surface area (Å²) in [7, 11) is 0. The molecule has 0 saturated carbocycles. The van der Waals surface area contributed by atoms with Crippen molar-refractivity contribution in [2.75, 3.05) is 25.0 Å². The Labute approximate surface area is 238 Å². The van der Waals surface area contributed by atoms with Crippen molar-refractivity contribution in [3.05, 3.63) is 48.3 Å². The molecule has 0 unspecified atom stereocenters. The van der Waals surface area contributed by atoms with Crippen molar-refractivity contribution in [2.45, 2.75) is 58.5 Å². The van der Waals surface area contributed by atoms with E-state index in [2.05, 4.69) is 52.3 Å². The van der Waals surface area contributed by atoms with Crippen molar-refractivity contribution in [1.29, 1.82) is 10.8 Å². The summed E-state index contributed by atoms with van der Waals surface area (Å²) in [5.41, 5.74) is 2.64. The van der Waals surface area contributed by atoms with E-state index in [9.17, 15) is 0 Å². The number of piperidine rings is 1. The number of fused-ring (bicyclic) bond motifs is 4. The first-order valence-corrected chi connectivity index (χ1v) is 14.2. The van der Waals surface area contributed by atoms with E-state index in [-0.39, 0.29) is 6.10 Å². The molecule has 2 aliphatic rings. The van der Waals surface area contributed by atoms with E-state index in [4.69, 9.17) is 20.3 Å². The summed E-state index contributed by atoms with van der Waals surface area (Å²) in [5.74, 6) is 2.99. The third-order valence-corrected chi connectivity index (χ3v) is 7.76. The lowest BCUT2D eigenvalue weighted by molar-refractivity contribution is 0.157. The molecule has 0 amide bonds.